The van der Waals surface area contributed by atoms with Crippen molar-refractivity contribution in [3.05, 3.63) is 106 Å². The number of para-hydroxylation sites is 1. The van der Waals surface area contributed by atoms with Gasteiger partial charge in [0, 0.05) is 29.6 Å². The van der Waals surface area contributed by atoms with Gasteiger partial charge in [-0.3, -0.25) is 0 Å². The van der Waals surface area contributed by atoms with Crippen molar-refractivity contribution in [3.8, 4) is 23.1 Å². The minimum atomic E-state index is -2.73. The Morgan fingerprint density at radius 1 is 1.03 bits per heavy atom. The van der Waals surface area contributed by atoms with Crippen LogP contribution in [0.1, 0.15) is 16.7 Å². The Balaban J connectivity index is 1.33. The van der Waals surface area contributed by atoms with Crippen LogP contribution in [0.15, 0.2) is 94.4 Å². The summed E-state index contributed by atoms with van der Waals surface area (Å²) in [6.45, 7) is 0.860. The van der Waals surface area contributed by atoms with E-state index in [0.29, 0.717) is 46.3 Å². The summed E-state index contributed by atoms with van der Waals surface area (Å²) in [6.07, 6.45) is 1.68. The normalized spacial score (nSPS) is 12.6. The van der Waals surface area contributed by atoms with E-state index in [1.165, 1.54) is 0 Å². The lowest BCUT2D eigenvalue weighted by Gasteiger charge is -2.14. The molecule has 2 heterocycles. The lowest BCUT2D eigenvalue weighted by atomic mass is 10.1. The summed E-state index contributed by atoms with van der Waals surface area (Å²) >= 11 is 3.50. The van der Waals surface area contributed by atoms with Gasteiger partial charge in [0.2, 0.25) is 0 Å². The number of benzene rings is 3. The first-order valence-electron chi connectivity index (χ1n) is 11.6. The van der Waals surface area contributed by atoms with Crippen LogP contribution < -0.4 is 10.0 Å². The van der Waals surface area contributed by atoms with Gasteiger partial charge in [-0.15, -0.1) is 0 Å². The number of aromatic hydroxyl groups is 1. The zero-order valence-corrected chi connectivity index (χ0v) is 22.5. The number of halogens is 1. The molecule has 0 saturated carbocycles. The third-order valence-corrected chi connectivity index (χ3v) is 8.15. The Bertz CT molecular complexity index is 1780. The standard InChI is InChI=1S/C28H23BrN6O2S/c1-38(37,22-11-9-19(15-30)10-12-22)33-17-21-6-4-5-20(13-21)16-31-27-14-25(23-7-2-3-8-26(23)36)34-28-24(29)18-32-35(27)28/h2-14,18,31,36H,1,16-17H2,(H,33,37). The van der Waals surface area contributed by atoms with Crippen molar-refractivity contribution in [3.63, 3.8) is 0 Å². The van der Waals surface area contributed by atoms with Crippen molar-refractivity contribution in [2.75, 3.05) is 5.32 Å². The summed E-state index contributed by atoms with van der Waals surface area (Å²) < 4.78 is 18.6. The first-order valence-corrected chi connectivity index (χ1v) is 14.1. The highest BCUT2D eigenvalue weighted by Gasteiger charge is 2.14. The number of phenolic OH excluding ortho intramolecular Hbond substituents is 1. The van der Waals surface area contributed by atoms with E-state index >= 15 is 0 Å². The molecule has 3 N–H and O–H groups in total. The predicted molar refractivity (Wildman–Crippen MR) is 153 cm³/mol. The summed E-state index contributed by atoms with van der Waals surface area (Å²) in [5.74, 6) is 4.72. The van der Waals surface area contributed by atoms with Gasteiger partial charge >= 0.3 is 0 Å². The summed E-state index contributed by atoms with van der Waals surface area (Å²) in [6, 6.07) is 25.5. The van der Waals surface area contributed by atoms with Crippen LogP contribution in [0.25, 0.3) is 16.9 Å². The molecule has 0 fully saturated rings. The van der Waals surface area contributed by atoms with E-state index in [1.807, 2.05) is 42.5 Å². The van der Waals surface area contributed by atoms with Crippen LogP contribution in [0, 0.1) is 11.3 Å². The van der Waals surface area contributed by atoms with E-state index in [9.17, 15) is 9.32 Å². The smallest absolute Gasteiger partial charge is 0.172 e. The minimum Gasteiger partial charge on any atom is -0.507 e. The van der Waals surface area contributed by atoms with Gasteiger partial charge in [-0.25, -0.2) is 13.9 Å². The Morgan fingerprint density at radius 2 is 1.76 bits per heavy atom. The lowest BCUT2D eigenvalue weighted by molar-refractivity contribution is 0.477. The molecule has 5 aromatic rings. The summed E-state index contributed by atoms with van der Waals surface area (Å²) in [4.78, 5) is 5.22. The van der Waals surface area contributed by atoms with Gasteiger partial charge in [0.25, 0.3) is 0 Å². The number of fused-ring (bicyclic) bond motifs is 1. The number of hydrogen-bond acceptors (Lipinski definition) is 6. The first-order chi connectivity index (χ1) is 18.3. The molecule has 10 heteroatoms. The Morgan fingerprint density at radius 3 is 2.50 bits per heavy atom. The van der Waals surface area contributed by atoms with Crippen LogP contribution in [0.3, 0.4) is 0 Å². The molecule has 0 radical (unpaired) electrons. The molecular weight excluding hydrogens is 564 g/mol. The molecule has 0 spiro atoms. The van der Waals surface area contributed by atoms with Crippen LogP contribution in [0.5, 0.6) is 5.75 Å². The molecule has 0 bridgehead atoms. The van der Waals surface area contributed by atoms with E-state index in [2.05, 4.69) is 48.0 Å². The molecule has 1 unspecified atom stereocenters. The molecule has 5 rings (SSSR count). The Kier molecular flexibility index (Phi) is 7.15. The van der Waals surface area contributed by atoms with Gasteiger partial charge in [-0.05, 0) is 69.3 Å². The number of anilines is 1. The molecule has 8 nitrogen and oxygen atoms in total. The van der Waals surface area contributed by atoms with Crippen molar-refractivity contribution < 1.29 is 9.32 Å². The maximum atomic E-state index is 13.1. The van der Waals surface area contributed by atoms with Crippen LogP contribution in [0.2, 0.25) is 0 Å². The molecule has 0 amide bonds. The molecule has 0 aliphatic heterocycles. The zero-order valence-electron chi connectivity index (χ0n) is 20.1. The number of rotatable bonds is 8. The summed E-state index contributed by atoms with van der Waals surface area (Å²) in [7, 11) is -2.73. The van der Waals surface area contributed by atoms with Crippen molar-refractivity contribution >= 4 is 43.0 Å². The van der Waals surface area contributed by atoms with Crippen LogP contribution in [0.4, 0.5) is 5.82 Å². The van der Waals surface area contributed by atoms with Crippen molar-refractivity contribution in [2.24, 2.45) is 0 Å². The molecular formula is C28H23BrN6O2S. The van der Waals surface area contributed by atoms with Gasteiger partial charge in [-0.2, -0.15) is 14.9 Å². The van der Waals surface area contributed by atoms with Gasteiger partial charge < -0.3 is 10.4 Å². The number of phenols is 1. The van der Waals surface area contributed by atoms with Crippen molar-refractivity contribution in [2.45, 2.75) is 18.0 Å². The van der Waals surface area contributed by atoms with E-state index in [4.69, 9.17) is 5.26 Å². The van der Waals surface area contributed by atoms with Crippen molar-refractivity contribution in [1.29, 1.82) is 5.26 Å². The van der Waals surface area contributed by atoms with Gasteiger partial charge in [0.05, 0.1) is 37.7 Å². The first kappa shape index (κ1) is 25.5. The molecule has 1 atom stereocenters. The fourth-order valence-corrected chi connectivity index (χ4v) is 5.46. The maximum absolute atomic E-state index is 13.1. The third-order valence-electron chi connectivity index (χ3n) is 5.95. The fraction of sp³-hybridized carbons (Fsp3) is 0.0714. The average molecular weight is 588 g/mol. The number of nitrogens with one attached hydrogen (secondary N) is 2. The highest BCUT2D eigenvalue weighted by atomic mass is 79.9. The number of aromatic nitrogens is 3. The number of nitriles is 1. The van der Waals surface area contributed by atoms with E-state index in [-0.39, 0.29) is 5.75 Å². The van der Waals surface area contributed by atoms with Gasteiger partial charge in [0.1, 0.15) is 11.6 Å². The predicted octanol–water partition coefficient (Wildman–Crippen LogP) is 5.13. The third kappa shape index (κ3) is 5.40. The summed E-state index contributed by atoms with van der Waals surface area (Å²) in [5, 5.41) is 27.2. The van der Waals surface area contributed by atoms with Crippen LogP contribution in [-0.4, -0.2) is 29.8 Å². The molecule has 38 heavy (non-hydrogen) atoms. The van der Waals surface area contributed by atoms with E-state index in [1.54, 1.807) is 47.1 Å². The number of nitrogens with zero attached hydrogens (tertiary/aromatic N) is 4. The molecule has 3 aromatic carbocycles. The monoisotopic (exact) mass is 586 g/mol. The fourth-order valence-electron chi connectivity index (χ4n) is 3.96. The second-order valence-electron chi connectivity index (χ2n) is 8.58. The SMILES string of the molecule is C=S(=O)(NCc1cccc(CNc2cc(-c3ccccc3O)nc3c(Br)cnn23)c1)c1ccc(C#N)cc1. The molecule has 2 aromatic heterocycles. The van der Waals surface area contributed by atoms with E-state index < -0.39 is 9.71 Å². The zero-order chi connectivity index (χ0) is 26.7. The van der Waals surface area contributed by atoms with Crippen LogP contribution >= 0.6 is 15.9 Å². The molecule has 0 aliphatic rings. The Hall–Kier alpha value is -4.17. The van der Waals surface area contributed by atoms with E-state index in [0.717, 1.165) is 15.6 Å². The molecule has 190 valence electrons. The van der Waals surface area contributed by atoms with Crippen LogP contribution in [-0.2, 0) is 22.8 Å². The highest BCUT2D eigenvalue weighted by molar-refractivity contribution is 9.10. The second-order valence-corrected chi connectivity index (χ2v) is 11.5. The van der Waals surface area contributed by atoms with Gasteiger partial charge in [-0.1, -0.05) is 36.4 Å². The average Bonchev–Trinajstić information content (AvgIpc) is 3.31. The number of hydrogen-bond donors (Lipinski definition) is 3. The maximum Gasteiger partial charge on any atom is 0.172 e. The van der Waals surface area contributed by atoms with Gasteiger partial charge in [0.15, 0.2) is 5.65 Å². The lowest BCUT2D eigenvalue weighted by Crippen LogP contribution is -2.23. The largest absolute Gasteiger partial charge is 0.507 e. The molecule has 0 aliphatic carbocycles. The second kappa shape index (κ2) is 10.7. The van der Waals surface area contributed by atoms with Crippen molar-refractivity contribution in [1.82, 2.24) is 19.3 Å². The Labute approximate surface area is 228 Å². The highest BCUT2D eigenvalue weighted by Crippen LogP contribution is 2.31. The quantitative estimate of drug-likeness (QED) is 0.217. The topological polar surface area (TPSA) is 115 Å². The summed E-state index contributed by atoms with van der Waals surface area (Å²) in [5.41, 5.74) is 4.33. The molecule has 0 saturated heterocycles. The minimum absolute atomic E-state index is 0.147.